The summed E-state index contributed by atoms with van der Waals surface area (Å²) in [7, 11) is -3.48. The second-order valence-corrected chi connectivity index (χ2v) is 6.62. The van der Waals surface area contributed by atoms with Crippen LogP contribution in [0.4, 0.5) is 5.69 Å². The molecule has 2 rings (SSSR count). The molecule has 1 atom stereocenters. The van der Waals surface area contributed by atoms with Crippen LogP contribution in [0.25, 0.3) is 0 Å². The zero-order valence-corrected chi connectivity index (χ0v) is 12.0. The SMILES string of the molecule is CC(Nc1ccc(CS(N)(=O)=O)cc1)c1cscn1. The average Bonchev–Trinajstić information content (AvgIpc) is 2.83. The predicted molar refractivity (Wildman–Crippen MR) is 77.4 cm³/mol. The third-order valence-corrected chi connectivity index (χ3v) is 3.94. The minimum absolute atomic E-state index is 0.107. The van der Waals surface area contributed by atoms with Crippen LogP contribution in [0.5, 0.6) is 0 Å². The van der Waals surface area contributed by atoms with E-state index in [1.165, 1.54) is 0 Å². The highest BCUT2D eigenvalue weighted by Crippen LogP contribution is 2.19. The minimum Gasteiger partial charge on any atom is -0.377 e. The lowest BCUT2D eigenvalue weighted by Crippen LogP contribution is -2.14. The van der Waals surface area contributed by atoms with E-state index in [-0.39, 0.29) is 11.8 Å². The first-order chi connectivity index (χ1) is 8.94. The van der Waals surface area contributed by atoms with Crippen molar-refractivity contribution in [2.45, 2.75) is 18.7 Å². The number of benzene rings is 1. The first kappa shape index (κ1) is 14.0. The fraction of sp³-hybridized carbons (Fsp3) is 0.250. The van der Waals surface area contributed by atoms with Crippen molar-refractivity contribution >= 4 is 27.0 Å². The predicted octanol–water partition coefficient (Wildman–Crippen LogP) is 2.10. The lowest BCUT2D eigenvalue weighted by atomic mass is 10.2. The van der Waals surface area contributed by atoms with Gasteiger partial charge >= 0.3 is 0 Å². The van der Waals surface area contributed by atoms with Gasteiger partial charge in [0.2, 0.25) is 10.0 Å². The Balaban J connectivity index is 2.03. The van der Waals surface area contributed by atoms with Crippen molar-refractivity contribution in [2.75, 3.05) is 5.32 Å². The van der Waals surface area contributed by atoms with Crippen molar-refractivity contribution in [3.63, 3.8) is 0 Å². The lowest BCUT2D eigenvalue weighted by Gasteiger charge is -2.13. The van der Waals surface area contributed by atoms with E-state index < -0.39 is 10.0 Å². The van der Waals surface area contributed by atoms with Crippen molar-refractivity contribution in [3.8, 4) is 0 Å². The third kappa shape index (κ3) is 4.30. The molecule has 3 N–H and O–H groups in total. The number of nitrogens with two attached hydrogens (primary N) is 1. The number of aromatic nitrogens is 1. The molecule has 102 valence electrons. The zero-order valence-electron chi connectivity index (χ0n) is 10.4. The fourth-order valence-electron chi connectivity index (χ4n) is 1.69. The maximum atomic E-state index is 11.0. The van der Waals surface area contributed by atoms with Gasteiger partial charge in [-0.15, -0.1) is 11.3 Å². The maximum absolute atomic E-state index is 11.0. The van der Waals surface area contributed by atoms with Gasteiger partial charge in [0.1, 0.15) is 0 Å². The van der Waals surface area contributed by atoms with Gasteiger partial charge in [0.15, 0.2) is 0 Å². The van der Waals surface area contributed by atoms with E-state index in [0.717, 1.165) is 11.4 Å². The largest absolute Gasteiger partial charge is 0.377 e. The van der Waals surface area contributed by atoms with Crippen LogP contribution in [0, 0.1) is 0 Å². The summed E-state index contributed by atoms with van der Waals surface area (Å²) in [6.07, 6.45) is 0. The van der Waals surface area contributed by atoms with Crippen LogP contribution in [-0.4, -0.2) is 13.4 Å². The molecular formula is C12H15N3O2S2. The van der Waals surface area contributed by atoms with E-state index >= 15 is 0 Å². The summed E-state index contributed by atoms with van der Waals surface area (Å²) in [4.78, 5) is 4.24. The molecule has 2 aromatic rings. The summed E-state index contributed by atoms with van der Waals surface area (Å²) in [5.41, 5.74) is 4.37. The van der Waals surface area contributed by atoms with E-state index in [4.69, 9.17) is 5.14 Å². The molecule has 1 aromatic carbocycles. The molecular weight excluding hydrogens is 282 g/mol. The highest BCUT2D eigenvalue weighted by Gasteiger charge is 2.08. The summed E-state index contributed by atoms with van der Waals surface area (Å²) < 4.78 is 21.9. The number of hydrogen-bond acceptors (Lipinski definition) is 5. The molecule has 1 heterocycles. The molecule has 1 aromatic heterocycles. The number of sulfonamides is 1. The Hall–Kier alpha value is -1.44. The van der Waals surface area contributed by atoms with Gasteiger partial charge in [0, 0.05) is 11.1 Å². The van der Waals surface area contributed by atoms with Crippen molar-refractivity contribution in [1.82, 2.24) is 4.98 Å². The number of primary sulfonamides is 1. The Morgan fingerprint density at radius 2 is 2.05 bits per heavy atom. The molecule has 0 saturated carbocycles. The van der Waals surface area contributed by atoms with Crippen LogP contribution < -0.4 is 10.5 Å². The molecule has 0 aliphatic heterocycles. The quantitative estimate of drug-likeness (QED) is 0.885. The van der Waals surface area contributed by atoms with Crippen LogP contribution in [0.15, 0.2) is 35.2 Å². The van der Waals surface area contributed by atoms with Gasteiger partial charge in [0.25, 0.3) is 0 Å². The highest BCUT2D eigenvalue weighted by atomic mass is 32.2. The summed E-state index contributed by atoms with van der Waals surface area (Å²) >= 11 is 1.56. The first-order valence-corrected chi connectivity index (χ1v) is 8.34. The van der Waals surface area contributed by atoms with Crippen molar-refractivity contribution in [3.05, 3.63) is 46.4 Å². The minimum atomic E-state index is -3.48. The Bertz CT molecular complexity index is 622. The van der Waals surface area contributed by atoms with Crippen LogP contribution in [0.2, 0.25) is 0 Å². The molecule has 0 fully saturated rings. The van der Waals surface area contributed by atoms with Gasteiger partial charge in [-0.05, 0) is 24.6 Å². The van der Waals surface area contributed by atoms with Crippen molar-refractivity contribution < 1.29 is 8.42 Å². The van der Waals surface area contributed by atoms with Crippen LogP contribution >= 0.6 is 11.3 Å². The smallest absolute Gasteiger partial charge is 0.213 e. The summed E-state index contributed by atoms with van der Waals surface area (Å²) in [6.45, 7) is 2.02. The molecule has 7 heteroatoms. The molecule has 0 spiro atoms. The number of hydrogen-bond donors (Lipinski definition) is 2. The number of nitrogens with zero attached hydrogens (tertiary/aromatic N) is 1. The van der Waals surface area contributed by atoms with Gasteiger partial charge in [-0.3, -0.25) is 0 Å². The molecule has 1 unspecified atom stereocenters. The Labute approximate surface area is 116 Å². The average molecular weight is 297 g/mol. The van der Waals surface area contributed by atoms with Crippen LogP contribution in [0.3, 0.4) is 0 Å². The lowest BCUT2D eigenvalue weighted by molar-refractivity contribution is 0.597. The van der Waals surface area contributed by atoms with E-state index in [2.05, 4.69) is 10.3 Å². The van der Waals surface area contributed by atoms with E-state index in [1.54, 1.807) is 29.0 Å². The second-order valence-electron chi connectivity index (χ2n) is 4.28. The second kappa shape index (κ2) is 5.68. The van der Waals surface area contributed by atoms with Gasteiger partial charge in [0.05, 0.1) is 23.0 Å². The van der Waals surface area contributed by atoms with Crippen molar-refractivity contribution in [2.24, 2.45) is 5.14 Å². The van der Waals surface area contributed by atoms with Crippen molar-refractivity contribution in [1.29, 1.82) is 0 Å². The molecule has 19 heavy (non-hydrogen) atoms. The van der Waals surface area contributed by atoms with Crippen LogP contribution in [0.1, 0.15) is 24.2 Å². The first-order valence-electron chi connectivity index (χ1n) is 5.68. The molecule has 0 aliphatic rings. The highest BCUT2D eigenvalue weighted by molar-refractivity contribution is 7.88. The summed E-state index contributed by atoms with van der Waals surface area (Å²) in [5.74, 6) is -0.144. The standard InChI is InChI=1S/C12H15N3O2S2/c1-9(12-6-18-8-14-12)15-11-4-2-10(3-5-11)7-19(13,16)17/h2-6,8-9,15H,7H2,1H3,(H2,13,16,17). The van der Waals surface area contributed by atoms with Gasteiger partial charge in [-0.25, -0.2) is 18.5 Å². The fourth-order valence-corrected chi connectivity index (χ4v) is 2.99. The van der Waals surface area contributed by atoms with E-state index in [9.17, 15) is 8.42 Å². The molecule has 0 aliphatic carbocycles. The Kier molecular flexibility index (Phi) is 4.18. The molecule has 0 bridgehead atoms. The Morgan fingerprint density at radius 3 is 2.58 bits per heavy atom. The number of rotatable bonds is 5. The van der Waals surface area contributed by atoms with E-state index in [0.29, 0.717) is 5.56 Å². The van der Waals surface area contributed by atoms with Gasteiger partial charge < -0.3 is 5.32 Å². The normalized spacial score (nSPS) is 13.2. The topological polar surface area (TPSA) is 85.1 Å². The van der Waals surface area contributed by atoms with E-state index in [1.807, 2.05) is 24.4 Å². The number of thiazole rings is 1. The Morgan fingerprint density at radius 1 is 1.37 bits per heavy atom. The monoisotopic (exact) mass is 297 g/mol. The third-order valence-electron chi connectivity index (χ3n) is 2.60. The molecule has 0 amide bonds. The summed E-state index contributed by atoms with van der Waals surface area (Å²) in [6, 6.07) is 7.28. The van der Waals surface area contributed by atoms with Gasteiger partial charge in [-0.2, -0.15) is 0 Å². The number of anilines is 1. The molecule has 5 nitrogen and oxygen atoms in total. The number of nitrogens with one attached hydrogen (secondary N) is 1. The van der Waals surface area contributed by atoms with Gasteiger partial charge in [-0.1, -0.05) is 12.1 Å². The summed E-state index contributed by atoms with van der Waals surface area (Å²) in [5, 5.41) is 10.3. The zero-order chi connectivity index (χ0) is 13.9. The molecule has 0 radical (unpaired) electrons. The molecule has 0 saturated heterocycles. The van der Waals surface area contributed by atoms with Crippen LogP contribution in [-0.2, 0) is 15.8 Å². The maximum Gasteiger partial charge on any atom is 0.213 e.